The predicted molar refractivity (Wildman–Crippen MR) is 130 cm³/mol. The number of aliphatic imine (C=N–C) groups is 1. The van der Waals surface area contributed by atoms with Gasteiger partial charge in [0.25, 0.3) is 0 Å². The molecular weight excluding hydrogens is 541 g/mol. The number of likely N-dealkylation sites (tertiary alicyclic amines) is 1. The fourth-order valence-electron chi connectivity index (χ4n) is 2.89. The second-order valence-corrected chi connectivity index (χ2v) is 8.29. The molecular formula is C19H31BrIN3O2S. The summed E-state index contributed by atoms with van der Waals surface area (Å²) in [6, 6.07) is 7.96. The van der Waals surface area contributed by atoms with Crippen molar-refractivity contribution in [3.8, 4) is 5.75 Å². The zero-order valence-corrected chi connectivity index (χ0v) is 20.9. The molecule has 0 radical (unpaired) electrons. The molecule has 0 spiro atoms. The lowest BCUT2D eigenvalue weighted by molar-refractivity contribution is 0.114. The number of nitrogens with one attached hydrogen (secondary N) is 1. The van der Waals surface area contributed by atoms with Gasteiger partial charge in [0, 0.05) is 55.2 Å². The molecule has 0 saturated carbocycles. The van der Waals surface area contributed by atoms with Crippen LogP contribution in [0.3, 0.4) is 0 Å². The molecule has 1 aliphatic rings. The molecule has 2 rings (SSSR count). The number of halogens is 2. The van der Waals surface area contributed by atoms with E-state index < -0.39 is 0 Å². The first-order valence-electron chi connectivity index (χ1n) is 9.22. The molecule has 8 heteroatoms. The number of guanidine groups is 1. The summed E-state index contributed by atoms with van der Waals surface area (Å²) >= 11 is 5.34. The molecule has 1 aromatic carbocycles. The van der Waals surface area contributed by atoms with Crippen LogP contribution in [0, 0.1) is 5.92 Å². The van der Waals surface area contributed by atoms with Crippen molar-refractivity contribution in [2.45, 2.75) is 13.3 Å². The number of nitrogens with zero attached hydrogens (tertiary/aromatic N) is 2. The van der Waals surface area contributed by atoms with Gasteiger partial charge in [-0.1, -0.05) is 22.0 Å². The van der Waals surface area contributed by atoms with Gasteiger partial charge in [-0.3, -0.25) is 4.99 Å². The first-order valence-corrected chi connectivity index (χ1v) is 11.2. The van der Waals surface area contributed by atoms with Crippen LogP contribution in [-0.4, -0.2) is 68.9 Å². The minimum absolute atomic E-state index is 0. The third-order valence-electron chi connectivity index (χ3n) is 4.18. The van der Waals surface area contributed by atoms with Crippen molar-refractivity contribution in [1.82, 2.24) is 10.2 Å². The highest BCUT2D eigenvalue weighted by Crippen LogP contribution is 2.18. The van der Waals surface area contributed by atoms with Gasteiger partial charge in [-0.15, -0.1) is 24.0 Å². The normalized spacial score (nSPS) is 16.9. The maximum Gasteiger partial charge on any atom is 0.193 e. The second kappa shape index (κ2) is 14.8. The fraction of sp³-hybridized carbons (Fsp3) is 0.632. The van der Waals surface area contributed by atoms with Crippen LogP contribution in [0.2, 0.25) is 0 Å². The molecule has 0 bridgehead atoms. The maximum atomic E-state index is 5.75. The average Bonchev–Trinajstić information content (AvgIpc) is 3.11. The number of hydrogen-bond donors (Lipinski definition) is 1. The Kier molecular flexibility index (Phi) is 13.6. The molecule has 1 saturated heterocycles. The van der Waals surface area contributed by atoms with Crippen molar-refractivity contribution < 1.29 is 9.47 Å². The van der Waals surface area contributed by atoms with Gasteiger partial charge < -0.3 is 19.7 Å². The first-order chi connectivity index (χ1) is 12.7. The van der Waals surface area contributed by atoms with Crippen molar-refractivity contribution in [3.63, 3.8) is 0 Å². The predicted octanol–water partition coefficient (Wildman–Crippen LogP) is 4.11. The number of hydrogen-bond acceptors (Lipinski definition) is 4. The highest BCUT2D eigenvalue weighted by molar-refractivity contribution is 14.0. The number of rotatable bonds is 10. The third kappa shape index (κ3) is 9.71. The van der Waals surface area contributed by atoms with Gasteiger partial charge in [-0.2, -0.15) is 11.8 Å². The Balaban J connectivity index is 0.00000364. The summed E-state index contributed by atoms with van der Waals surface area (Å²) in [4.78, 5) is 6.76. The second-order valence-electron chi connectivity index (χ2n) is 6.15. The minimum atomic E-state index is 0. The van der Waals surface area contributed by atoms with Gasteiger partial charge in [-0.25, -0.2) is 0 Å². The molecule has 1 aromatic rings. The molecule has 1 aliphatic heterocycles. The molecule has 1 N–H and O–H groups in total. The van der Waals surface area contributed by atoms with E-state index in [2.05, 4.69) is 38.1 Å². The smallest absolute Gasteiger partial charge is 0.193 e. The number of thioether (sulfide) groups is 1. The van der Waals surface area contributed by atoms with E-state index in [-0.39, 0.29) is 24.0 Å². The van der Waals surface area contributed by atoms with Crippen LogP contribution in [0.25, 0.3) is 0 Å². The van der Waals surface area contributed by atoms with Crippen molar-refractivity contribution in [3.05, 3.63) is 28.7 Å². The Bertz CT molecular complexity index is 566. The standard InChI is InChI=1S/C19H30BrN3O2S.HI/c1-3-24-15-16-7-9-23(14-16)19(21-2)22-8-11-26-12-10-25-18-6-4-5-17(20)13-18;/h4-6,13,16H,3,7-12,14-15H2,1-2H3,(H,21,22);1H. The van der Waals surface area contributed by atoms with Crippen LogP contribution in [-0.2, 0) is 4.74 Å². The summed E-state index contributed by atoms with van der Waals surface area (Å²) in [5.74, 6) is 4.56. The van der Waals surface area contributed by atoms with Crippen LogP contribution in [0.15, 0.2) is 33.7 Å². The van der Waals surface area contributed by atoms with Gasteiger partial charge in [0.15, 0.2) is 5.96 Å². The quantitative estimate of drug-likeness (QED) is 0.198. The van der Waals surface area contributed by atoms with Gasteiger partial charge in [0.2, 0.25) is 0 Å². The lowest BCUT2D eigenvalue weighted by atomic mass is 10.1. The van der Waals surface area contributed by atoms with E-state index in [0.29, 0.717) is 5.92 Å². The molecule has 154 valence electrons. The zero-order valence-electron chi connectivity index (χ0n) is 16.2. The zero-order chi connectivity index (χ0) is 18.6. The van der Waals surface area contributed by atoms with Crippen molar-refractivity contribution in [2.75, 3.05) is 58.0 Å². The van der Waals surface area contributed by atoms with E-state index >= 15 is 0 Å². The van der Waals surface area contributed by atoms with Gasteiger partial charge in [0.05, 0.1) is 13.2 Å². The summed E-state index contributed by atoms with van der Waals surface area (Å²) in [7, 11) is 1.86. The molecule has 1 unspecified atom stereocenters. The Morgan fingerprint density at radius 3 is 3.00 bits per heavy atom. The summed E-state index contributed by atoms with van der Waals surface area (Å²) in [5, 5.41) is 3.47. The van der Waals surface area contributed by atoms with Crippen LogP contribution < -0.4 is 10.1 Å². The van der Waals surface area contributed by atoms with Gasteiger partial charge in [0.1, 0.15) is 5.75 Å². The van der Waals surface area contributed by atoms with Crippen molar-refractivity contribution in [1.29, 1.82) is 0 Å². The third-order valence-corrected chi connectivity index (χ3v) is 5.62. The minimum Gasteiger partial charge on any atom is -0.493 e. The Hall–Kier alpha value is -0.190. The van der Waals surface area contributed by atoms with E-state index in [4.69, 9.17) is 9.47 Å². The lowest BCUT2D eigenvalue weighted by Gasteiger charge is -2.21. The Labute approximate surface area is 193 Å². The summed E-state index contributed by atoms with van der Waals surface area (Å²) in [5.41, 5.74) is 0. The van der Waals surface area contributed by atoms with Crippen molar-refractivity contribution >= 4 is 57.6 Å². The average molecular weight is 572 g/mol. The number of ether oxygens (including phenoxy) is 2. The Morgan fingerprint density at radius 1 is 1.41 bits per heavy atom. The largest absolute Gasteiger partial charge is 0.493 e. The summed E-state index contributed by atoms with van der Waals surface area (Å²) in [6.07, 6.45) is 1.18. The summed E-state index contributed by atoms with van der Waals surface area (Å²) < 4.78 is 12.3. The topological polar surface area (TPSA) is 46.1 Å². The van der Waals surface area contributed by atoms with E-state index in [1.165, 1.54) is 6.42 Å². The van der Waals surface area contributed by atoms with E-state index in [1.807, 2.05) is 43.1 Å². The van der Waals surface area contributed by atoms with Crippen LogP contribution in [0.4, 0.5) is 0 Å². The van der Waals surface area contributed by atoms with Crippen LogP contribution in [0.5, 0.6) is 5.75 Å². The molecule has 0 amide bonds. The maximum absolute atomic E-state index is 5.75. The van der Waals surface area contributed by atoms with E-state index in [0.717, 1.165) is 67.1 Å². The van der Waals surface area contributed by atoms with E-state index in [1.54, 1.807) is 0 Å². The molecule has 1 heterocycles. The lowest BCUT2D eigenvalue weighted by Crippen LogP contribution is -2.41. The molecule has 5 nitrogen and oxygen atoms in total. The van der Waals surface area contributed by atoms with Gasteiger partial charge in [-0.05, 0) is 31.5 Å². The Morgan fingerprint density at radius 2 is 2.26 bits per heavy atom. The monoisotopic (exact) mass is 571 g/mol. The molecule has 0 aliphatic carbocycles. The van der Waals surface area contributed by atoms with Gasteiger partial charge >= 0.3 is 0 Å². The first kappa shape index (κ1) is 24.8. The van der Waals surface area contributed by atoms with Crippen molar-refractivity contribution in [2.24, 2.45) is 10.9 Å². The highest BCUT2D eigenvalue weighted by Gasteiger charge is 2.24. The fourth-order valence-corrected chi connectivity index (χ4v) is 3.92. The molecule has 27 heavy (non-hydrogen) atoms. The molecule has 1 fully saturated rings. The SMILES string of the molecule is CCOCC1CCN(C(=NC)NCCSCCOc2cccc(Br)c2)C1.I. The molecule has 1 atom stereocenters. The molecule has 0 aromatic heterocycles. The number of benzene rings is 1. The van der Waals surface area contributed by atoms with Crippen LogP contribution in [0.1, 0.15) is 13.3 Å². The highest BCUT2D eigenvalue weighted by atomic mass is 127. The van der Waals surface area contributed by atoms with Crippen LogP contribution >= 0.6 is 51.7 Å². The van der Waals surface area contributed by atoms with E-state index in [9.17, 15) is 0 Å². The summed E-state index contributed by atoms with van der Waals surface area (Å²) in [6.45, 7) is 7.44.